The van der Waals surface area contributed by atoms with Crippen LogP contribution in [0.3, 0.4) is 0 Å². The lowest BCUT2D eigenvalue weighted by Gasteiger charge is -2.13. The zero-order valence-corrected chi connectivity index (χ0v) is 32.1. The van der Waals surface area contributed by atoms with Gasteiger partial charge in [0.15, 0.2) is 17.5 Å². The van der Waals surface area contributed by atoms with Crippen LogP contribution in [0.15, 0.2) is 199 Å². The average molecular weight is 769 g/mol. The van der Waals surface area contributed by atoms with Crippen LogP contribution in [0.25, 0.3) is 117 Å². The molecule has 12 aromatic rings. The van der Waals surface area contributed by atoms with E-state index in [4.69, 9.17) is 29.6 Å². The Labute approximate surface area is 343 Å². The molecule has 3 heterocycles. The van der Waals surface area contributed by atoms with Crippen molar-refractivity contribution in [3.63, 3.8) is 0 Å². The summed E-state index contributed by atoms with van der Waals surface area (Å²) in [6, 6.07) is 66.6. The summed E-state index contributed by atoms with van der Waals surface area (Å²) in [6.45, 7) is 0. The van der Waals surface area contributed by atoms with Gasteiger partial charge in [0, 0.05) is 32.8 Å². The minimum absolute atomic E-state index is 0.566. The number of rotatable bonds is 6. The van der Waals surface area contributed by atoms with Crippen molar-refractivity contribution in [2.45, 2.75) is 0 Å². The lowest BCUT2D eigenvalue weighted by Crippen LogP contribution is -2.01. The van der Waals surface area contributed by atoms with Crippen LogP contribution in [0.4, 0.5) is 0 Å². The molecule has 280 valence electrons. The molecule has 7 heteroatoms. The summed E-state index contributed by atoms with van der Waals surface area (Å²) in [5.41, 5.74) is 11.2. The van der Waals surface area contributed by atoms with Gasteiger partial charge in [-0.1, -0.05) is 140 Å². The second kappa shape index (κ2) is 13.7. The first-order valence-electron chi connectivity index (χ1n) is 19.9. The molecule has 0 fully saturated rings. The monoisotopic (exact) mass is 768 g/mol. The number of aromatic nitrogens is 6. The molecule has 0 aliphatic carbocycles. The standard InChI is InChI=1S/C53H32N6O/c1-4-13-33(14-5-1)38-30-39(34-15-6-2-7-16-34)32-40(31-38)52-54-51(55-53(56-52)44-20-12-22-47-49(44)43-19-10-11-21-46(43)60-47)37-25-27-42-36(29-37)24-23-35-26-28-45-50(48(35)42)58-59(57-45)41-17-8-3-9-18-41/h1-32H. The molecule has 0 spiro atoms. The Hall–Kier alpha value is -8.29. The molecule has 0 N–H and O–H groups in total. The maximum atomic E-state index is 6.33. The lowest BCUT2D eigenvalue weighted by atomic mass is 9.95. The molecular weight excluding hydrogens is 737 g/mol. The van der Waals surface area contributed by atoms with Crippen molar-refractivity contribution in [2.24, 2.45) is 0 Å². The normalized spacial score (nSPS) is 11.7. The Kier molecular flexibility index (Phi) is 7.71. The minimum Gasteiger partial charge on any atom is -0.456 e. The first-order chi connectivity index (χ1) is 29.7. The van der Waals surface area contributed by atoms with E-state index in [1.165, 1.54) is 0 Å². The van der Waals surface area contributed by atoms with Crippen LogP contribution in [-0.4, -0.2) is 29.9 Å². The minimum atomic E-state index is 0.566. The van der Waals surface area contributed by atoms with E-state index in [0.717, 1.165) is 99.1 Å². The van der Waals surface area contributed by atoms with Gasteiger partial charge in [0.2, 0.25) is 0 Å². The Morgan fingerprint density at radius 1 is 0.367 bits per heavy atom. The van der Waals surface area contributed by atoms with Crippen LogP contribution in [0.1, 0.15) is 0 Å². The van der Waals surface area contributed by atoms with Crippen LogP contribution in [0.2, 0.25) is 0 Å². The third-order valence-electron chi connectivity index (χ3n) is 11.3. The van der Waals surface area contributed by atoms with Crippen molar-refractivity contribution in [1.82, 2.24) is 29.9 Å². The first kappa shape index (κ1) is 33.8. The number of para-hydroxylation sites is 2. The Morgan fingerprint density at radius 2 is 0.983 bits per heavy atom. The van der Waals surface area contributed by atoms with Gasteiger partial charge in [-0.05, 0) is 93.0 Å². The van der Waals surface area contributed by atoms with Gasteiger partial charge in [0.1, 0.15) is 22.2 Å². The summed E-state index contributed by atoms with van der Waals surface area (Å²) in [5.74, 6) is 1.71. The molecule has 9 aromatic carbocycles. The van der Waals surface area contributed by atoms with Gasteiger partial charge >= 0.3 is 0 Å². The highest BCUT2D eigenvalue weighted by Crippen LogP contribution is 2.39. The summed E-state index contributed by atoms with van der Waals surface area (Å²) in [5, 5.41) is 16.1. The predicted octanol–water partition coefficient (Wildman–Crippen LogP) is 13.1. The molecule has 0 unspecified atom stereocenters. The van der Waals surface area contributed by atoms with E-state index < -0.39 is 0 Å². The van der Waals surface area contributed by atoms with Crippen molar-refractivity contribution in [3.05, 3.63) is 194 Å². The van der Waals surface area contributed by atoms with E-state index in [0.29, 0.717) is 17.5 Å². The highest BCUT2D eigenvalue weighted by Gasteiger charge is 2.20. The molecule has 60 heavy (non-hydrogen) atoms. The number of benzene rings is 9. The van der Waals surface area contributed by atoms with Crippen LogP contribution >= 0.6 is 0 Å². The van der Waals surface area contributed by atoms with Crippen LogP contribution in [0, 0.1) is 0 Å². The van der Waals surface area contributed by atoms with E-state index in [1.807, 2.05) is 78.9 Å². The van der Waals surface area contributed by atoms with Gasteiger partial charge in [-0.2, -0.15) is 4.80 Å². The number of hydrogen-bond acceptors (Lipinski definition) is 6. The van der Waals surface area contributed by atoms with Crippen molar-refractivity contribution >= 4 is 54.5 Å². The molecule has 7 nitrogen and oxygen atoms in total. The Balaban J connectivity index is 1.08. The molecule has 0 saturated heterocycles. The van der Waals surface area contributed by atoms with E-state index in [9.17, 15) is 0 Å². The lowest BCUT2D eigenvalue weighted by molar-refractivity contribution is 0.669. The highest BCUT2D eigenvalue weighted by molar-refractivity contribution is 6.18. The van der Waals surface area contributed by atoms with Crippen molar-refractivity contribution in [2.75, 3.05) is 0 Å². The quantitative estimate of drug-likeness (QED) is 0.157. The molecular formula is C53H32N6O. The van der Waals surface area contributed by atoms with Gasteiger partial charge in [0.05, 0.1) is 5.69 Å². The summed E-state index contributed by atoms with van der Waals surface area (Å²) in [6.07, 6.45) is 0. The van der Waals surface area contributed by atoms with E-state index in [1.54, 1.807) is 4.80 Å². The molecule has 0 amide bonds. The highest BCUT2D eigenvalue weighted by atomic mass is 16.3. The fraction of sp³-hybridized carbons (Fsp3) is 0. The molecule has 0 aliphatic rings. The van der Waals surface area contributed by atoms with Gasteiger partial charge in [-0.3, -0.25) is 0 Å². The van der Waals surface area contributed by atoms with Crippen LogP contribution < -0.4 is 0 Å². The number of furan rings is 1. The van der Waals surface area contributed by atoms with Crippen molar-refractivity contribution in [3.8, 4) is 62.1 Å². The summed E-state index contributed by atoms with van der Waals surface area (Å²) < 4.78 is 6.33. The summed E-state index contributed by atoms with van der Waals surface area (Å²) in [4.78, 5) is 17.5. The topological polar surface area (TPSA) is 82.5 Å². The van der Waals surface area contributed by atoms with Gasteiger partial charge in [-0.15, -0.1) is 10.2 Å². The fourth-order valence-electron chi connectivity index (χ4n) is 8.41. The summed E-state index contributed by atoms with van der Waals surface area (Å²) in [7, 11) is 0. The zero-order chi connectivity index (χ0) is 39.6. The van der Waals surface area contributed by atoms with Crippen molar-refractivity contribution in [1.29, 1.82) is 0 Å². The SMILES string of the molecule is c1ccc(-c2cc(-c3ccccc3)cc(-c3nc(-c4ccc5c(ccc6ccc7nn(-c8ccccc8)nc7c65)c4)nc(-c4cccc5oc6ccccc6c45)n3)c2)cc1. The third kappa shape index (κ3) is 5.71. The van der Waals surface area contributed by atoms with E-state index in [2.05, 4.69) is 115 Å². The molecule has 0 atom stereocenters. The van der Waals surface area contributed by atoms with E-state index >= 15 is 0 Å². The third-order valence-corrected chi connectivity index (χ3v) is 11.3. The van der Waals surface area contributed by atoms with E-state index in [-0.39, 0.29) is 0 Å². The molecule has 3 aromatic heterocycles. The summed E-state index contributed by atoms with van der Waals surface area (Å²) >= 11 is 0. The molecule has 12 rings (SSSR count). The number of hydrogen-bond donors (Lipinski definition) is 0. The van der Waals surface area contributed by atoms with Gasteiger partial charge < -0.3 is 4.42 Å². The second-order valence-corrected chi connectivity index (χ2v) is 15.0. The van der Waals surface area contributed by atoms with Gasteiger partial charge in [0.25, 0.3) is 0 Å². The van der Waals surface area contributed by atoms with Crippen LogP contribution in [0.5, 0.6) is 0 Å². The zero-order valence-electron chi connectivity index (χ0n) is 32.1. The maximum Gasteiger partial charge on any atom is 0.164 e. The van der Waals surface area contributed by atoms with Gasteiger partial charge in [-0.25, -0.2) is 15.0 Å². The largest absolute Gasteiger partial charge is 0.456 e. The Bertz CT molecular complexity index is 3540. The molecule has 0 bridgehead atoms. The fourth-order valence-corrected chi connectivity index (χ4v) is 8.41. The average Bonchev–Trinajstić information content (AvgIpc) is 3.94. The predicted molar refractivity (Wildman–Crippen MR) is 242 cm³/mol. The number of fused-ring (bicyclic) bond motifs is 8. The molecule has 0 saturated carbocycles. The number of nitrogens with zero attached hydrogens (tertiary/aromatic N) is 6. The maximum absolute atomic E-state index is 6.33. The van der Waals surface area contributed by atoms with Crippen molar-refractivity contribution < 1.29 is 4.42 Å². The smallest absolute Gasteiger partial charge is 0.164 e. The Morgan fingerprint density at radius 3 is 1.75 bits per heavy atom. The van der Waals surface area contributed by atoms with Crippen LogP contribution in [-0.2, 0) is 0 Å². The second-order valence-electron chi connectivity index (χ2n) is 15.0. The first-order valence-corrected chi connectivity index (χ1v) is 19.9. The molecule has 0 aliphatic heterocycles. The molecule has 0 radical (unpaired) electrons.